The Morgan fingerprint density at radius 3 is 2.12 bits per heavy atom. The molecular weight excluding hydrogens is 308 g/mol. The van der Waals surface area contributed by atoms with Gasteiger partial charge in [-0.25, -0.2) is 4.79 Å². The summed E-state index contributed by atoms with van der Waals surface area (Å²) in [5, 5.41) is 12.2. The summed E-state index contributed by atoms with van der Waals surface area (Å²) in [6, 6.07) is -0.683. The molecule has 2 amide bonds. The number of amides is 2. The largest absolute Gasteiger partial charge is 0.444 e. The van der Waals surface area contributed by atoms with Crippen LogP contribution in [-0.4, -0.2) is 52.8 Å². The second-order valence-electron chi connectivity index (χ2n) is 8.08. The number of β-amino-alcohol motifs (C(OH)–C–C–N with tert-alkyl or cyclic N) is 1. The average molecular weight is 342 g/mol. The highest BCUT2D eigenvalue weighted by molar-refractivity contribution is 5.86. The first kappa shape index (κ1) is 22.4. The molecule has 0 aromatic rings. The molecule has 6 heteroatoms. The van der Waals surface area contributed by atoms with E-state index >= 15 is 0 Å². The SMILES string of the molecule is C=CC.CC(C)(C)OC(=O)NC(C(=O)N1CCC(O)C1)C(C)(C)C. The van der Waals surface area contributed by atoms with Gasteiger partial charge >= 0.3 is 6.09 Å². The van der Waals surface area contributed by atoms with Crippen molar-refractivity contribution in [3.63, 3.8) is 0 Å². The Bertz CT molecular complexity index is 435. The Balaban J connectivity index is 0.00000163. The maximum atomic E-state index is 12.6. The second kappa shape index (κ2) is 9.06. The zero-order chi connectivity index (χ0) is 19.1. The van der Waals surface area contributed by atoms with E-state index in [9.17, 15) is 14.7 Å². The van der Waals surface area contributed by atoms with Crippen LogP contribution >= 0.6 is 0 Å². The molecule has 0 saturated carbocycles. The zero-order valence-electron chi connectivity index (χ0n) is 16.2. The molecule has 0 spiro atoms. The van der Waals surface area contributed by atoms with Crippen molar-refractivity contribution in [1.82, 2.24) is 10.2 Å². The molecule has 1 saturated heterocycles. The Morgan fingerprint density at radius 2 is 1.79 bits per heavy atom. The van der Waals surface area contributed by atoms with Gasteiger partial charge in [-0.1, -0.05) is 26.8 Å². The van der Waals surface area contributed by atoms with Gasteiger partial charge in [0.15, 0.2) is 0 Å². The van der Waals surface area contributed by atoms with Gasteiger partial charge < -0.3 is 20.1 Å². The van der Waals surface area contributed by atoms with E-state index in [4.69, 9.17) is 4.74 Å². The van der Waals surface area contributed by atoms with Crippen LogP contribution in [0.15, 0.2) is 12.7 Å². The number of nitrogens with zero attached hydrogens (tertiary/aromatic N) is 1. The highest BCUT2D eigenvalue weighted by Crippen LogP contribution is 2.23. The van der Waals surface area contributed by atoms with E-state index in [0.29, 0.717) is 19.5 Å². The molecule has 24 heavy (non-hydrogen) atoms. The summed E-state index contributed by atoms with van der Waals surface area (Å²) in [5.74, 6) is -0.176. The first-order chi connectivity index (χ1) is 10.8. The lowest BCUT2D eigenvalue weighted by Gasteiger charge is -2.34. The highest BCUT2D eigenvalue weighted by atomic mass is 16.6. The van der Waals surface area contributed by atoms with Gasteiger partial charge in [-0.2, -0.15) is 0 Å². The third-order valence-electron chi connectivity index (χ3n) is 3.25. The molecule has 1 rings (SSSR count). The molecule has 0 aliphatic carbocycles. The van der Waals surface area contributed by atoms with E-state index in [-0.39, 0.29) is 5.91 Å². The van der Waals surface area contributed by atoms with E-state index in [2.05, 4.69) is 11.9 Å². The van der Waals surface area contributed by atoms with Crippen LogP contribution in [0.3, 0.4) is 0 Å². The van der Waals surface area contributed by atoms with Gasteiger partial charge in [-0.05, 0) is 39.5 Å². The van der Waals surface area contributed by atoms with E-state index in [1.165, 1.54) is 0 Å². The van der Waals surface area contributed by atoms with Crippen molar-refractivity contribution in [3.8, 4) is 0 Å². The minimum absolute atomic E-state index is 0.176. The smallest absolute Gasteiger partial charge is 0.408 e. The van der Waals surface area contributed by atoms with Crippen molar-refractivity contribution < 1.29 is 19.4 Å². The number of aliphatic hydroxyl groups is 1. The molecule has 0 bridgehead atoms. The van der Waals surface area contributed by atoms with Crippen LogP contribution in [0.4, 0.5) is 4.79 Å². The molecule has 1 aliphatic rings. The molecule has 2 atom stereocenters. The zero-order valence-corrected chi connectivity index (χ0v) is 16.2. The fourth-order valence-electron chi connectivity index (χ4n) is 2.20. The number of likely N-dealkylation sites (tertiary alicyclic amines) is 1. The molecule has 6 nitrogen and oxygen atoms in total. The summed E-state index contributed by atoms with van der Waals surface area (Å²) in [6.45, 7) is 17.1. The van der Waals surface area contributed by atoms with E-state index in [0.717, 1.165) is 0 Å². The lowest BCUT2D eigenvalue weighted by atomic mass is 9.86. The number of ether oxygens (including phenoxy) is 1. The molecule has 1 aliphatic heterocycles. The van der Waals surface area contributed by atoms with Crippen molar-refractivity contribution in [2.24, 2.45) is 5.41 Å². The highest BCUT2D eigenvalue weighted by Gasteiger charge is 2.38. The van der Waals surface area contributed by atoms with Crippen molar-refractivity contribution in [3.05, 3.63) is 12.7 Å². The molecule has 0 aromatic heterocycles. The van der Waals surface area contributed by atoms with Gasteiger partial charge in [0, 0.05) is 13.1 Å². The van der Waals surface area contributed by atoms with E-state index in [1.54, 1.807) is 31.7 Å². The van der Waals surface area contributed by atoms with Gasteiger partial charge in [-0.15, -0.1) is 6.58 Å². The molecular formula is C18H34N2O4. The number of aliphatic hydroxyl groups excluding tert-OH is 1. The predicted octanol–water partition coefficient (Wildman–Crippen LogP) is 2.71. The average Bonchev–Trinajstić information content (AvgIpc) is 2.79. The van der Waals surface area contributed by atoms with Crippen molar-refractivity contribution in [2.75, 3.05) is 13.1 Å². The van der Waals surface area contributed by atoms with Gasteiger partial charge in [0.25, 0.3) is 0 Å². The number of alkyl carbamates (subject to hydrolysis) is 1. The third-order valence-corrected chi connectivity index (χ3v) is 3.25. The van der Waals surface area contributed by atoms with Crippen molar-refractivity contribution in [1.29, 1.82) is 0 Å². The van der Waals surface area contributed by atoms with Crippen molar-refractivity contribution in [2.45, 2.75) is 72.6 Å². The third kappa shape index (κ3) is 8.34. The Kier molecular flexibility index (Phi) is 8.47. The van der Waals surface area contributed by atoms with Crippen LogP contribution < -0.4 is 5.32 Å². The van der Waals surface area contributed by atoms with Crippen molar-refractivity contribution >= 4 is 12.0 Å². The number of carbonyl (C=O) groups excluding carboxylic acids is 2. The monoisotopic (exact) mass is 342 g/mol. The molecule has 1 fully saturated rings. The molecule has 1 heterocycles. The predicted molar refractivity (Wildman–Crippen MR) is 95.7 cm³/mol. The van der Waals surface area contributed by atoms with Gasteiger partial charge in [-0.3, -0.25) is 4.79 Å². The Morgan fingerprint density at radius 1 is 1.29 bits per heavy atom. The summed E-state index contributed by atoms with van der Waals surface area (Å²) in [7, 11) is 0. The van der Waals surface area contributed by atoms with Crippen LogP contribution in [-0.2, 0) is 9.53 Å². The summed E-state index contributed by atoms with van der Waals surface area (Å²) in [4.78, 5) is 26.1. The quantitative estimate of drug-likeness (QED) is 0.756. The summed E-state index contributed by atoms with van der Waals surface area (Å²) in [6.07, 6.45) is 1.25. The minimum atomic E-state index is -0.683. The number of allylic oxidation sites excluding steroid dienone is 1. The standard InChI is InChI=1S/C15H28N2O4.C3H6/c1-14(2,3)11(16-13(20)21-15(4,5)6)12(19)17-8-7-10(18)9-17;1-3-2/h10-11,18H,7-9H2,1-6H3,(H,16,20);3H,1H2,2H3. The fourth-order valence-corrected chi connectivity index (χ4v) is 2.20. The number of carbonyl (C=O) groups is 2. The maximum Gasteiger partial charge on any atom is 0.408 e. The molecule has 2 unspecified atom stereocenters. The van der Waals surface area contributed by atoms with E-state index in [1.807, 2.05) is 27.7 Å². The topological polar surface area (TPSA) is 78.9 Å². The number of rotatable bonds is 2. The van der Waals surface area contributed by atoms with Crippen LogP contribution in [0.25, 0.3) is 0 Å². The molecule has 2 N–H and O–H groups in total. The fraction of sp³-hybridized carbons (Fsp3) is 0.778. The number of nitrogens with one attached hydrogen (secondary N) is 1. The molecule has 0 radical (unpaired) electrons. The summed E-state index contributed by atoms with van der Waals surface area (Å²) >= 11 is 0. The first-order valence-corrected chi connectivity index (χ1v) is 8.35. The van der Waals surface area contributed by atoms with Crippen LogP contribution in [0, 0.1) is 5.41 Å². The Labute approximate surface area is 146 Å². The Hall–Kier alpha value is -1.56. The summed E-state index contributed by atoms with van der Waals surface area (Å²) < 4.78 is 5.23. The summed E-state index contributed by atoms with van der Waals surface area (Å²) in [5.41, 5.74) is -1.05. The van der Waals surface area contributed by atoms with E-state index < -0.39 is 29.3 Å². The lowest BCUT2D eigenvalue weighted by molar-refractivity contribution is -0.135. The normalized spacial score (nSPS) is 19.0. The molecule has 140 valence electrons. The molecule has 0 aromatic carbocycles. The van der Waals surface area contributed by atoms with Crippen LogP contribution in [0.5, 0.6) is 0 Å². The second-order valence-corrected chi connectivity index (χ2v) is 8.08. The van der Waals surface area contributed by atoms with Gasteiger partial charge in [0.05, 0.1) is 6.10 Å². The van der Waals surface area contributed by atoms with Gasteiger partial charge in [0.1, 0.15) is 11.6 Å². The lowest BCUT2D eigenvalue weighted by Crippen LogP contribution is -2.55. The first-order valence-electron chi connectivity index (χ1n) is 8.35. The van der Waals surface area contributed by atoms with Crippen LogP contribution in [0.2, 0.25) is 0 Å². The number of hydrogen-bond acceptors (Lipinski definition) is 4. The minimum Gasteiger partial charge on any atom is -0.444 e. The van der Waals surface area contributed by atoms with Gasteiger partial charge in [0.2, 0.25) is 5.91 Å². The number of hydrogen-bond donors (Lipinski definition) is 2. The van der Waals surface area contributed by atoms with Crippen LogP contribution in [0.1, 0.15) is 54.9 Å². The maximum absolute atomic E-state index is 12.6.